The van der Waals surface area contributed by atoms with E-state index in [0.717, 1.165) is 12.8 Å². The molecule has 0 aliphatic heterocycles. The lowest BCUT2D eigenvalue weighted by molar-refractivity contribution is 0.282. The Hall–Kier alpha value is -0.550. The smallest absolute Gasteiger partial charge is 0.0624 e. The van der Waals surface area contributed by atoms with Crippen molar-refractivity contribution in [1.82, 2.24) is 0 Å². The molecule has 0 radical (unpaired) electrons. The van der Waals surface area contributed by atoms with Crippen LogP contribution in [-0.2, 0) is 0 Å². The topological polar surface area (TPSA) is 44.0 Å². The van der Waals surface area contributed by atoms with Gasteiger partial charge in [0.25, 0.3) is 0 Å². The molecule has 0 saturated carbocycles. The Labute approximate surface area is 120 Å². The van der Waals surface area contributed by atoms with Gasteiger partial charge in [0.1, 0.15) is 0 Å². The van der Waals surface area contributed by atoms with Crippen LogP contribution in [0.25, 0.3) is 0 Å². The molecule has 0 heterocycles. The first kappa shape index (κ1) is 18.4. The number of nitriles is 1. The van der Waals surface area contributed by atoms with Crippen molar-refractivity contribution < 1.29 is 5.11 Å². The van der Waals surface area contributed by atoms with E-state index in [1.165, 1.54) is 70.6 Å². The van der Waals surface area contributed by atoms with Gasteiger partial charge in [0.05, 0.1) is 6.07 Å². The van der Waals surface area contributed by atoms with Crippen molar-refractivity contribution in [2.45, 2.75) is 90.4 Å². The zero-order chi connectivity index (χ0) is 14.2. The Balaban J connectivity index is 3.01. The van der Waals surface area contributed by atoms with Crippen LogP contribution in [0.1, 0.15) is 90.4 Å². The molecule has 0 saturated heterocycles. The molecule has 1 N–H and O–H groups in total. The predicted molar refractivity (Wildman–Crippen MR) is 81.9 cm³/mol. The zero-order valence-corrected chi connectivity index (χ0v) is 12.9. The van der Waals surface area contributed by atoms with Crippen LogP contribution in [0, 0.1) is 17.2 Å². The average Bonchev–Trinajstić information content (AvgIpc) is 2.40. The highest BCUT2D eigenvalue weighted by molar-refractivity contribution is 4.72. The first-order valence-corrected chi connectivity index (χ1v) is 8.29. The highest BCUT2D eigenvalue weighted by atomic mass is 16.2. The normalized spacial score (nSPS) is 12.3. The molecule has 0 fully saturated rings. The van der Waals surface area contributed by atoms with E-state index in [0.29, 0.717) is 12.5 Å². The van der Waals surface area contributed by atoms with Gasteiger partial charge in [-0.05, 0) is 18.8 Å². The quantitative estimate of drug-likeness (QED) is 0.440. The van der Waals surface area contributed by atoms with Gasteiger partial charge in [0, 0.05) is 13.0 Å². The summed E-state index contributed by atoms with van der Waals surface area (Å²) in [5, 5.41) is 17.2. The molecule has 0 aliphatic carbocycles. The van der Waals surface area contributed by atoms with Crippen molar-refractivity contribution in [3.63, 3.8) is 0 Å². The minimum Gasteiger partial charge on any atom is -0.396 e. The Morgan fingerprint density at radius 1 is 0.789 bits per heavy atom. The summed E-state index contributed by atoms with van der Waals surface area (Å²) in [5.41, 5.74) is 0. The minimum absolute atomic E-state index is 0.354. The van der Waals surface area contributed by atoms with Gasteiger partial charge >= 0.3 is 0 Å². The Kier molecular flexibility index (Phi) is 15.1. The number of aliphatic hydroxyl groups is 1. The second-order valence-corrected chi connectivity index (χ2v) is 5.87. The largest absolute Gasteiger partial charge is 0.396 e. The lowest BCUT2D eigenvalue weighted by atomic mass is 10.0. The molecule has 0 spiro atoms. The summed E-state index contributed by atoms with van der Waals surface area (Å²) < 4.78 is 0. The molecule has 0 aliphatic rings. The molecule has 0 bridgehead atoms. The molecule has 1 unspecified atom stereocenters. The number of hydrogen-bond acceptors (Lipinski definition) is 2. The average molecular weight is 269 g/mol. The van der Waals surface area contributed by atoms with Crippen LogP contribution >= 0.6 is 0 Å². The van der Waals surface area contributed by atoms with Gasteiger partial charge in [0.15, 0.2) is 0 Å². The van der Waals surface area contributed by atoms with Gasteiger partial charge in [-0.3, -0.25) is 0 Å². The van der Waals surface area contributed by atoms with E-state index >= 15 is 0 Å². The van der Waals surface area contributed by atoms with E-state index in [9.17, 15) is 0 Å². The molecule has 0 rings (SSSR count). The lowest BCUT2D eigenvalue weighted by Gasteiger charge is -2.06. The van der Waals surface area contributed by atoms with E-state index in [2.05, 4.69) is 13.0 Å². The number of rotatable bonds is 14. The van der Waals surface area contributed by atoms with Gasteiger partial charge in [0.2, 0.25) is 0 Å². The second-order valence-electron chi connectivity index (χ2n) is 5.87. The Morgan fingerprint density at radius 3 is 1.63 bits per heavy atom. The van der Waals surface area contributed by atoms with E-state index in [1.807, 2.05) is 0 Å². The first-order chi connectivity index (χ1) is 9.31. The van der Waals surface area contributed by atoms with Crippen LogP contribution in [0.15, 0.2) is 0 Å². The molecular formula is C17H33NO. The third-order valence-corrected chi connectivity index (χ3v) is 3.79. The van der Waals surface area contributed by atoms with Crippen LogP contribution < -0.4 is 0 Å². The van der Waals surface area contributed by atoms with Gasteiger partial charge in [-0.15, -0.1) is 0 Å². The first-order valence-electron chi connectivity index (χ1n) is 8.29. The van der Waals surface area contributed by atoms with Gasteiger partial charge < -0.3 is 5.11 Å². The molecule has 112 valence electrons. The van der Waals surface area contributed by atoms with E-state index in [4.69, 9.17) is 10.4 Å². The maximum atomic E-state index is 8.66. The molecule has 2 heteroatoms. The third kappa shape index (κ3) is 15.4. The van der Waals surface area contributed by atoms with Crippen LogP contribution in [0.5, 0.6) is 0 Å². The summed E-state index contributed by atoms with van der Waals surface area (Å²) in [7, 11) is 0. The van der Waals surface area contributed by atoms with E-state index in [1.54, 1.807) is 0 Å². The van der Waals surface area contributed by atoms with Gasteiger partial charge in [-0.25, -0.2) is 0 Å². The van der Waals surface area contributed by atoms with E-state index in [-0.39, 0.29) is 0 Å². The summed E-state index contributed by atoms with van der Waals surface area (Å²) in [4.78, 5) is 0. The molecule has 2 nitrogen and oxygen atoms in total. The number of hydrogen-bond donors (Lipinski definition) is 1. The molecular weight excluding hydrogens is 236 g/mol. The van der Waals surface area contributed by atoms with Crippen LogP contribution in [0.2, 0.25) is 0 Å². The van der Waals surface area contributed by atoms with Crippen molar-refractivity contribution in [2.75, 3.05) is 6.61 Å². The molecule has 1 atom stereocenters. The van der Waals surface area contributed by atoms with E-state index < -0.39 is 0 Å². The zero-order valence-electron chi connectivity index (χ0n) is 12.9. The third-order valence-electron chi connectivity index (χ3n) is 3.79. The maximum Gasteiger partial charge on any atom is 0.0624 e. The summed E-state index contributed by atoms with van der Waals surface area (Å²) in [6.45, 7) is 2.53. The fourth-order valence-electron chi connectivity index (χ4n) is 2.45. The maximum absolute atomic E-state index is 8.66. The summed E-state index contributed by atoms with van der Waals surface area (Å²) in [6, 6.07) is 2.25. The van der Waals surface area contributed by atoms with Crippen molar-refractivity contribution in [3.8, 4) is 6.07 Å². The van der Waals surface area contributed by atoms with Crippen molar-refractivity contribution in [2.24, 2.45) is 5.92 Å². The monoisotopic (exact) mass is 269 g/mol. The molecule has 19 heavy (non-hydrogen) atoms. The fourth-order valence-corrected chi connectivity index (χ4v) is 2.45. The lowest BCUT2D eigenvalue weighted by Crippen LogP contribution is -1.92. The number of aliphatic hydroxyl groups excluding tert-OH is 1. The summed E-state index contributed by atoms with van der Waals surface area (Å²) in [6.07, 6.45) is 16.2. The highest BCUT2D eigenvalue weighted by Crippen LogP contribution is 2.15. The second kappa shape index (κ2) is 15.5. The number of unbranched alkanes of at least 4 members (excludes halogenated alkanes) is 10. The SMILES string of the molecule is CC(CCCCCCCCCCCCCO)C[14C]#N. The van der Waals surface area contributed by atoms with Crippen molar-refractivity contribution in [3.05, 3.63) is 0 Å². The van der Waals surface area contributed by atoms with Crippen LogP contribution in [0.3, 0.4) is 0 Å². The van der Waals surface area contributed by atoms with Crippen molar-refractivity contribution in [1.29, 1.82) is 5.26 Å². The fraction of sp³-hybridized carbons (Fsp3) is 0.941. The van der Waals surface area contributed by atoms with Crippen LogP contribution in [-0.4, -0.2) is 11.7 Å². The number of nitrogens with zero attached hydrogens (tertiary/aromatic N) is 1. The molecule has 0 aromatic rings. The molecule has 0 amide bonds. The van der Waals surface area contributed by atoms with Crippen molar-refractivity contribution >= 4 is 0 Å². The summed E-state index contributed by atoms with van der Waals surface area (Å²) in [5.74, 6) is 0.587. The molecule has 0 aromatic heterocycles. The standard InChI is InChI=1S/C17H33NO/c1-17(14-15-18)13-11-9-7-5-3-2-4-6-8-10-12-16-19/h17,19H,2-14,16H2,1H3/i15+2. The minimum atomic E-state index is 0.354. The summed E-state index contributed by atoms with van der Waals surface area (Å²) >= 11 is 0. The molecule has 0 aromatic carbocycles. The highest BCUT2D eigenvalue weighted by Gasteiger charge is 2.00. The Morgan fingerprint density at radius 2 is 1.21 bits per heavy atom. The van der Waals surface area contributed by atoms with Gasteiger partial charge in [-0.1, -0.05) is 71.1 Å². The van der Waals surface area contributed by atoms with Crippen LogP contribution in [0.4, 0.5) is 0 Å². The predicted octanol–water partition coefficient (Wildman–Crippen LogP) is 5.21. The van der Waals surface area contributed by atoms with Gasteiger partial charge in [-0.2, -0.15) is 5.26 Å². The Bertz CT molecular complexity index is 210.